The summed E-state index contributed by atoms with van der Waals surface area (Å²) in [6.07, 6.45) is -0.110. The molecule has 0 spiro atoms. The van der Waals surface area contributed by atoms with Crippen LogP contribution >= 0.6 is 0 Å². The van der Waals surface area contributed by atoms with Gasteiger partial charge in [-0.25, -0.2) is 9.37 Å². The number of hydrogen-bond donors (Lipinski definition) is 1. The molecule has 8 nitrogen and oxygen atoms in total. The number of hydrogen-bond acceptors (Lipinski definition) is 6. The molecule has 286 valence electrons. The average molecular weight is 739 g/mol. The summed E-state index contributed by atoms with van der Waals surface area (Å²) in [7, 11) is 0. The number of rotatable bonds is 13. The number of amides is 1. The lowest BCUT2D eigenvalue weighted by Gasteiger charge is -2.34. The van der Waals surface area contributed by atoms with E-state index in [0.717, 1.165) is 18.9 Å². The van der Waals surface area contributed by atoms with Crippen LogP contribution in [-0.4, -0.2) is 51.4 Å². The number of aromatic nitrogens is 2. The average Bonchev–Trinajstić information content (AvgIpc) is 3.12. The predicted molar refractivity (Wildman–Crippen MR) is 201 cm³/mol. The summed E-state index contributed by atoms with van der Waals surface area (Å²) in [5.41, 5.74) is -0.729. The molecule has 5 rings (SSSR count). The number of carbonyl (C=O) groups excluding carboxylic acids is 2. The molecule has 2 atom stereocenters. The van der Waals surface area contributed by atoms with E-state index in [1.165, 1.54) is 30.1 Å². The molecule has 0 bridgehead atoms. The molecule has 0 aliphatic heterocycles. The second-order valence-corrected chi connectivity index (χ2v) is 12.6. The van der Waals surface area contributed by atoms with Crippen molar-refractivity contribution in [2.24, 2.45) is 0 Å². The third-order valence-corrected chi connectivity index (χ3v) is 8.78. The first-order valence-electron chi connectivity index (χ1n) is 18.0. The van der Waals surface area contributed by atoms with Crippen molar-refractivity contribution in [2.45, 2.75) is 97.9 Å². The summed E-state index contributed by atoms with van der Waals surface area (Å²) in [5, 5.41) is 3.97. The minimum absolute atomic E-state index is 0.0185. The first kappa shape index (κ1) is 42.6. The van der Waals surface area contributed by atoms with Crippen LogP contribution in [0.15, 0.2) is 84.2 Å². The van der Waals surface area contributed by atoms with E-state index in [9.17, 15) is 31.9 Å². The molecule has 1 heterocycles. The Kier molecular flexibility index (Phi) is 15.9. The summed E-state index contributed by atoms with van der Waals surface area (Å²) in [6, 6.07) is 16.3. The van der Waals surface area contributed by atoms with Crippen molar-refractivity contribution >= 4 is 22.6 Å². The highest BCUT2D eigenvalue weighted by Crippen LogP contribution is 2.32. The molecule has 1 saturated carbocycles. The molecule has 1 aliphatic rings. The van der Waals surface area contributed by atoms with Crippen molar-refractivity contribution in [1.82, 2.24) is 19.8 Å². The number of alkyl halides is 3. The van der Waals surface area contributed by atoms with Crippen molar-refractivity contribution in [1.29, 1.82) is 0 Å². The Balaban J connectivity index is 0.000000996. The van der Waals surface area contributed by atoms with Crippen molar-refractivity contribution in [3.63, 3.8) is 0 Å². The normalized spacial score (nSPS) is 13.7. The van der Waals surface area contributed by atoms with E-state index in [4.69, 9.17) is 9.72 Å². The quantitative estimate of drug-likeness (QED) is 0.109. The van der Waals surface area contributed by atoms with Crippen LogP contribution in [0.1, 0.15) is 90.2 Å². The number of nitrogens with zero attached hydrogens (tertiary/aromatic N) is 3. The number of para-hydroxylation sites is 1. The molecule has 1 aliphatic carbocycles. The predicted octanol–water partition coefficient (Wildman–Crippen LogP) is 8.78. The van der Waals surface area contributed by atoms with Gasteiger partial charge >= 0.3 is 6.18 Å². The Bertz CT molecular complexity index is 1890. The number of fused-ring (bicyclic) bond motifs is 1. The number of ketones is 1. The second-order valence-electron chi connectivity index (χ2n) is 12.6. The summed E-state index contributed by atoms with van der Waals surface area (Å²) >= 11 is 0. The Morgan fingerprint density at radius 3 is 2.28 bits per heavy atom. The van der Waals surface area contributed by atoms with E-state index in [1.807, 2.05) is 27.7 Å². The van der Waals surface area contributed by atoms with Crippen molar-refractivity contribution in [2.75, 3.05) is 13.2 Å². The van der Waals surface area contributed by atoms with E-state index < -0.39 is 29.5 Å². The fourth-order valence-corrected chi connectivity index (χ4v) is 5.78. The van der Waals surface area contributed by atoms with Gasteiger partial charge in [0.15, 0.2) is 5.78 Å². The Labute approximate surface area is 308 Å². The molecule has 0 saturated heterocycles. The maximum absolute atomic E-state index is 14.0. The smallest absolute Gasteiger partial charge is 0.419 e. The zero-order chi connectivity index (χ0) is 39.3. The Hall–Kier alpha value is -4.84. The van der Waals surface area contributed by atoms with Gasteiger partial charge in [0.25, 0.3) is 5.56 Å². The fraction of sp³-hybridized carbons (Fsp3) is 0.415. The van der Waals surface area contributed by atoms with E-state index in [2.05, 4.69) is 11.9 Å². The minimum Gasteiger partial charge on any atom is -0.494 e. The standard InChI is InChI=1S/C35H38F4N4O3.C4H6O.C2H6/c1-4-46-27-15-13-26(14-16-27)43-33(41-31-11-6-5-10-28(31)34(43)45)23(3)42(19-18-22(2)40-25-8-7-9-25)32(44)21-24-12-17-30(36)29(20-24)35(37,38)39;1-3-4(2)5;1-2/h5-6,10-17,20,22-23,25,40H,4,7-9,18-19,21H2,1-3H3;3H,1H2,2H3;1-2H3. The Morgan fingerprint density at radius 1 is 1.08 bits per heavy atom. The molecule has 1 N–H and O–H groups in total. The Morgan fingerprint density at radius 2 is 1.72 bits per heavy atom. The fourth-order valence-electron chi connectivity index (χ4n) is 5.78. The third-order valence-electron chi connectivity index (χ3n) is 8.78. The van der Waals surface area contributed by atoms with Gasteiger partial charge in [0.1, 0.15) is 17.4 Å². The van der Waals surface area contributed by atoms with Gasteiger partial charge in [-0.1, -0.05) is 45.0 Å². The molecule has 1 fully saturated rings. The van der Waals surface area contributed by atoms with Crippen LogP contribution in [-0.2, 0) is 22.2 Å². The summed E-state index contributed by atoms with van der Waals surface area (Å²) in [5.74, 6) is -0.917. The van der Waals surface area contributed by atoms with E-state index in [1.54, 1.807) is 60.4 Å². The van der Waals surface area contributed by atoms with E-state index in [-0.39, 0.29) is 35.9 Å². The zero-order valence-electron chi connectivity index (χ0n) is 31.3. The van der Waals surface area contributed by atoms with Gasteiger partial charge in [-0.3, -0.25) is 19.0 Å². The molecule has 53 heavy (non-hydrogen) atoms. The topological polar surface area (TPSA) is 93.5 Å². The summed E-state index contributed by atoms with van der Waals surface area (Å²) in [6.45, 7) is 15.1. The highest BCUT2D eigenvalue weighted by atomic mass is 19.4. The number of nitrogens with one attached hydrogen (secondary N) is 1. The van der Waals surface area contributed by atoms with Gasteiger partial charge in [0.05, 0.1) is 41.2 Å². The molecule has 0 radical (unpaired) electrons. The lowest BCUT2D eigenvalue weighted by Crippen LogP contribution is -2.44. The molecule has 4 aromatic rings. The van der Waals surface area contributed by atoms with Gasteiger partial charge in [0.2, 0.25) is 5.91 Å². The SMILES string of the molecule is C=CC(C)=O.CC.CCOc1ccc(-n2c(C(C)N(CCC(C)NC3CCC3)C(=O)Cc3ccc(F)c(C(F)(F)F)c3)nc3ccccc3c2=O)cc1. The number of halogens is 4. The van der Waals surface area contributed by atoms with Crippen LogP contribution in [0.3, 0.4) is 0 Å². The van der Waals surface area contributed by atoms with Crippen LogP contribution in [0, 0.1) is 5.82 Å². The highest BCUT2D eigenvalue weighted by molar-refractivity contribution is 5.86. The van der Waals surface area contributed by atoms with Crippen molar-refractivity contribution in [3.05, 3.63) is 113 Å². The molecule has 2 unspecified atom stereocenters. The summed E-state index contributed by atoms with van der Waals surface area (Å²) < 4.78 is 61.5. The first-order valence-corrected chi connectivity index (χ1v) is 18.0. The van der Waals surface area contributed by atoms with E-state index >= 15 is 0 Å². The monoisotopic (exact) mass is 738 g/mol. The van der Waals surface area contributed by atoms with Gasteiger partial charge in [-0.2, -0.15) is 13.2 Å². The highest BCUT2D eigenvalue weighted by Gasteiger charge is 2.35. The minimum atomic E-state index is -4.90. The largest absolute Gasteiger partial charge is 0.494 e. The first-order chi connectivity index (χ1) is 25.2. The van der Waals surface area contributed by atoms with Crippen LogP contribution in [0.5, 0.6) is 5.75 Å². The van der Waals surface area contributed by atoms with Gasteiger partial charge in [0, 0.05) is 18.6 Å². The summed E-state index contributed by atoms with van der Waals surface area (Å²) in [4.78, 5) is 44.1. The van der Waals surface area contributed by atoms with E-state index in [0.29, 0.717) is 53.3 Å². The van der Waals surface area contributed by atoms with Gasteiger partial charge in [-0.05, 0) is 107 Å². The second kappa shape index (κ2) is 19.8. The molecule has 1 aromatic heterocycles. The lowest BCUT2D eigenvalue weighted by molar-refractivity contribution is -0.140. The maximum Gasteiger partial charge on any atom is 0.419 e. The van der Waals surface area contributed by atoms with Crippen LogP contribution in [0.25, 0.3) is 16.6 Å². The third kappa shape index (κ3) is 11.6. The molecular weight excluding hydrogens is 688 g/mol. The van der Waals surface area contributed by atoms with Gasteiger partial charge < -0.3 is 15.0 Å². The maximum atomic E-state index is 14.0. The zero-order valence-corrected chi connectivity index (χ0v) is 31.3. The number of allylic oxidation sites excluding steroid dienone is 1. The molecule has 12 heteroatoms. The van der Waals surface area contributed by atoms with Crippen LogP contribution in [0.4, 0.5) is 17.6 Å². The van der Waals surface area contributed by atoms with Crippen LogP contribution in [0.2, 0.25) is 0 Å². The number of ether oxygens (including phenoxy) is 1. The van der Waals surface area contributed by atoms with Gasteiger partial charge in [-0.15, -0.1) is 0 Å². The molecular formula is C41H50F4N4O4. The molecule has 1 amide bonds. The van der Waals surface area contributed by atoms with Crippen molar-refractivity contribution < 1.29 is 31.9 Å². The lowest BCUT2D eigenvalue weighted by atomic mass is 9.92. The van der Waals surface area contributed by atoms with Crippen LogP contribution < -0.4 is 15.6 Å². The number of benzene rings is 3. The molecule has 3 aromatic carbocycles. The van der Waals surface area contributed by atoms with Crippen molar-refractivity contribution in [3.8, 4) is 11.4 Å². The number of carbonyl (C=O) groups is 2.